The van der Waals surface area contributed by atoms with E-state index >= 15 is 0 Å². The van der Waals surface area contributed by atoms with Gasteiger partial charge >= 0.3 is 0 Å². The normalized spacial score (nSPS) is 12.6. The average Bonchev–Trinajstić information content (AvgIpc) is 2.03. The molecular formula is C9H8BrClO. The summed E-state index contributed by atoms with van der Waals surface area (Å²) in [5, 5.41) is 0.651. The maximum atomic E-state index is 11.0. The van der Waals surface area contributed by atoms with E-state index in [-0.39, 0.29) is 10.6 Å². The zero-order valence-electron chi connectivity index (χ0n) is 6.55. The van der Waals surface area contributed by atoms with Crippen LogP contribution in [0, 0.1) is 0 Å². The standard InChI is InChI=1S/C9H8BrClO/c1-6(12)9(10)7-3-2-4-8(11)5-7/h2-5,9H,1H3/t9-/m1/s1. The quantitative estimate of drug-likeness (QED) is 0.733. The molecule has 0 heterocycles. The van der Waals surface area contributed by atoms with Gasteiger partial charge in [-0.1, -0.05) is 39.7 Å². The monoisotopic (exact) mass is 246 g/mol. The molecule has 0 aromatic heterocycles. The lowest BCUT2D eigenvalue weighted by Crippen LogP contribution is -2.00. The van der Waals surface area contributed by atoms with Crippen molar-refractivity contribution in [2.75, 3.05) is 0 Å². The molecule has 64 valence electrons. The van der Waals surface area contributed by atoms with Crippen LogP contribution in [0.2, 0.25) is 5.02 Å². The van der Waals surface area contributed by atoms with Crippen LogP contribution in [0.5, 0.6) is 0 Å². The van der Waals surface area contributed by atoms with Crippen LogP contribution in [-0.2, 0) is 4.79 Å². The second-order valence-corrected chi connectivity index (χ2v) is 3.88. The van der Waals surface area contributed by atoms with Crippen LogP contribution < -0.4 is 0 Å². The SMILES string of the molecule is CC(=O)[C@@H](Br)c1cccc(Cl)c1. The predicted octanol–water partition coefficient (Wildman–Crippen LogP) is 3.37. The van der Waals surface area contributed by atoms with Crippen LogP contribution in [0.3, 0.4) is 0 Å². The Morgan fingerprint density at radius 2 is 2.25 bits per heavy atom. The van der Waals surface area contributed by atoms with E-state index in [4.69, 9.17) is 11.6 Å². The minimum Gasteiger partial charge on any atom is -0.298 e. The summed E-state index contributed by atoms with van der Waals surface area (Å²) in [5.41, 5.74) is 0.898. The van der Waals surface area contributed by atoms with Crippen molar-refractivity contribution in [2.24, 2.45) is 0 Å². The molecule has 0 amide bonds. The molecule has 1 nitrogen and oxygen atoms in total. The van der Waals surface area contributed by atoms with Crippen molar-refractivity contribution >= 4 is 33.3 Å². The molecular weight excluding hydrogens is 239 g/mol. The Kier molecular flexibility index (Phi) is 3.29. The van der Waals surface area contributed by atoms with Gasteiger partial charge in [0.25, 0.3) is 0 Å². The lowest BCUT2D eigenvalue weighted by molar-refractivity contribution is -0.116. The second kappa shape index (κ2) is 4.06. The van der Waals surface area contributed by atoms with Gasteiger partial charge in [-0.3, -0.25) is 4.79 Å². The summed E-state index contributed by atoms with van der Waals surface area (Å²) in [6.07, 6.45) is 0. The Morgan fingerprint density at radius 1 is 1.58 bits per heavy atom. The van der Waals surface area contributed by atoms with Crippen LogP contribution in [-0.4, -0.2) is 5.78 Å². The molecule has 1 aromatic carbocycles. The van der Waals surface area contributed by atoms with E-state index in [0.717, 1.165) is 5.56 Å². The van der Waals surface area contributed by atoms with Gasteiger partial charge in [-0.2, -0.15) is 0 Å². The van der Waals surface area contributed by atoms with Gasteiger partial charge in [0.05, 0.1) is 4.83 Å². The van der Waals surface area contributed by atoms with Gasteiger partial charge in [0, 0.05) is 5.02 Å². The van der Waals surface area contributed by atoms with Crippen molar-refractivity contribution in [2.45, 2.75) is 11.8 Å². The highest BCUT2D eigenvalue weighted by molar-refractivity contribution is 9.09. The van der Waals surface area contributed by atoms with Crippen LogP contribution in [0.4, 0.5) is 0 Å². The molecule has 0 radical (unpaired) electrons. The molecule has 0 aliphatic rings. The zero-order valence-corrected chi connectivity index (χ0v) is 8.89. The van der Waals surface area contributed by atoms with Gasteiger partial charge in [0.2, 0.25) is 0 Å². The second-order valence-electron chi connectivity index (χ2n) is 2.53. The molecule has 0 aliphatic heterocycles. The Balaban J connectivity index is 2.95. The maximum absolute atomic E-state index is 11.0. The summed E-state index contributed by atoms with van der Waals surface area (Å²) < 4.78 is 0. The molecule has 3 heteroatoms. The Morgan fingerprint density at radius 3 is 2.75 bits per heavy atom. The van der Waals surface area contributed by atoms with E-state index < -0.39 is 0 Å². The third-order valence-corrected chi connectivity index (χ3v) is 2.91. The first-order valence-electron chi connectivity index (χ1n) is 3.51. The summed E-state index contributed by atoms with van der Waals surface area (Å²) in [5.74, 6) is 0.0808. The van der Waals surface area contributed by atoms with Gasteiger partial charge in [-0.25, -0.2) is 0 Å². The molecule has 1 atom stereocenters. The number of carbonyl (C=O) groups is 1. The van der Waals surface area contributed by atoms with Crippen LogP contribution in [0.25, 0.3) is 0 Å². The van der Waals surface area contributed by atoms with Gasteiger partial charge in [0.1, 0.15) is 5.78 Å². The molecule has 0 N–H and O–H groups in total. The number of rotatable bonds is 2. The fourth-order valence-corrected chi connectivity index (χ4v) is 1.38. The third kappa shape index (κ3) is 2.32. The average molecular weight is 248 g/mol. The molecule has 0 spiro atoms. The highest BCUT2D eigenvalue weighted by atomic mass is 79.9. The lowest BCUT2D eigenvalue weighted by Gasteiger charge is -2.05. The Hall–Kier alpha value is -0.340. The van der Waals surface area contributed by atoms with E-state index in [9.17, 15) is 4.79 Å². The summed E-state index contributed by atoms with van der Waals surface area (Å²) in [6, 6.07) is 7.26. The molecule has 1 rings (SSSR count). The highest BCUT2D eigenvalue weighted by Gasteiger charge is 2.11. The fourth-order valence-electron chi connectivity index (χ4n) is 0.899. The van der Waals surface area contributed by atoms with E-state index in [1.54, 1.807) is 19.1 Å². The number of ketones is 1. The van der Waals surface area contributed by atoms with Crippen molar-refractivity contribution < 1.29 is 4.79 Å². The van der Waals surface area contributed by atoms with Crippen LogP contribution in [0.1, 0.15) is 17.3 Å². The van der Waals surface area contributed by atoms with E-state index in [0.29, 0.717) is 5.02 Å². The number of hydrogen-bond acceptors (Lipinski definition) is 1. The topological polar surface area (TPSA) is 17.1 Å². The lowest BCUT2D eigenvalue weighted by atomic mass is 10.1. The molecule has 0 saturated carbocycles. The van der Waals surface area contributed by atoms with E-state index in [2.05, 4.69) is 15.9 Å². The minimum absolute atomic E-state index is 0.0808. The van der Waals surface area contributed by atoms with Crippen molar-refractivity contribution in [3.05, 3.63) is 34.9 Å². The van der Waals surface area contributed by atoms with Gasteiger partial charge in [-0.05, 0) is 24.6 Å². The first-order valence-corrected chi connectivity index (χ1v) is 4.80. The number of carbonyl (C=O) groups excluding carboxylic acids is 1. The molecule has 0 saturated heterocycles. The number of Topliss-reactive ketones (excluding diaryl/α,β-unsaturated/α-hetero) is 1. The first kappa shape index (κ1) is 9.75. The number of hydrogen-bond donors (Lipinski definition) is 0. The number of benzene rings is 1. The molecule has 0 aliphatic carbocycles. The molecule has 0 unspecified atom stereocenters. The van der Waals surface area contributed by atoms with Crippen molar-refractivity contribution in [1.82, 2.24) is 0 Å². The van der Waals surface area contributed by atoms with Gasteiger partial charge in [-0.15, -0.1) is 0 Å². The summed E-state index contributed by atoms with van der Waals surface area (Å²) in [4.78, 5) is 10.7. The van der Waals surface area contributed by atoms with Crippen LogP contribution in [0.15, 0.2) is 24.3 Å². The van der Waals surface area contributed by atoms with Crippen molar-refractivity contribution in [1.29, 1.82) is 0 Å². The van der Waals surface area contributed by atoms with E-state index in [1.165, 1.54) is 0 Å². The zero-order chi connectivity index (χ0) is 9.14. The number of halogens is 2. The minimum atomic E-state index is -0.240. The van der Waals surface area contributed by atoms with Gasteiger partial charge < -0.3 is 0 Å². The molecule has 0 fully saturated rings. The predicted molar refractivity (Wildman–Crippen MR) is 53.8 cm³/mol. The first-order chi connectivity index (χ1) is 5.61. The summed E-state index contributed by atoms with van der Waals surface area (Å²) in [6.45, 7) is 1.54. The van der Waals surface area contributed by atoms with Gasteiger partial charge in [0.15, 0.2) is 0 Å². The summed E-state index contributed by atoms with van der Waals surface area (Å²) in [7, 11) is 0. The van der Waals surface area contributed by atoms with E-state index in [1.807, 2.05) is 12.1 Å². The Labute approximate surface area is 84.9 Å². The fraction of sp³-hybridized carbons (Fsp3) is 0.222. The largest absolute Gasteiger partial charge is 0.298 e. The van der Waals surface area contributed by atoms with Crippen molar-refractivity contribution in [3.8, 4) is 0 Å². The number of alkyl halides is 1. The van der Waals surface area contributed by atoms with Crippen LogP contribution >= 0.6 is 27.5 Å². The van der Waals surface area contributed by atoms with Crippen molar-refractivity contribution in [3.63, 3.8) is 0 Å². The molecule has 12 heavy (non-hydrogen) atoms. The summed E-state index contributed by atoms with van der Waals surface area (Å²) >= 11 is 9.04. The highest BCUT2D eigenvalue weighted by Crippen LogP contribution is 2.25. The molecule has 1 aromatic rings. The Bertz CT molecular complexity index is 298. The smallest absolute Gasteiger partial charge is 0.147 e. The molecule has 0 bridgehead atoms. The third-order valence-electron chi connectivity index (χ3n) is 1.50. The maximum Gasteiger partial charge on any atom is 0.147 e.